The highest BCUT2D eigenvalue weighted by Crippen LogP contribution is 2.50. The first-order valence-electron chi connectivity index (χ1n) is 9.01. The SMILES string of the molecule is C=CCC1(c2ccccc2)C(=O)C(C#CCCCC)=C1CC(C)C. The van der Waals surface area contributed by atoms with Crippen molar-refractivity contribution in [1.29, 1.82) is 0 Å². The van der Waals surface area contributed by atoms with E-state index in [0.717, 1.165) is 36.8 Å². The van der Waals surface area contributed by atoms with Crippen LogP contribution in [0.2, 0.25) is 0 Å². The van der Waals surface area contributed by atoms with Crippen LogP contribution < -0.4 is 0 Å². The molecule has 126 valence electrons. The van der Waals surface area contributed by atoms with Gasteiger partial charge in [0.15, 0.2) is 5.78 Å². The summed E-state index contributed by atoms with van der Waals surface area (Å²) in [7, 11) is 0. The Kier molecular flexibility index (Phi) is 6.21. The van der Waals surface area contributed by atoms with E-state index in [4.69, 9.17) is 0 Å². The van der Waals surface area contributed by atoms with E-state index in [0.29, 0.717) is 12.3 Å². The third-order valence-electron chi connectivity index (χ3n) is 4.63. The van der Waals surface area contributed by atoms with Gasteiger partial charge in [-0.25, -0.2) is 0 Å². The average molecular weight is 320 g/mol. The Labute approximate surface area is 146 Å². The van der Waals surface area contributed by atoms with Crippen molar-refractivity contribution in [1.82, 2.24) is 0 Å². The molecular formula is C23H28O. The average Bonchev–Trinajstić information content (AvgIpc) is 2.59. The summed E-state index contributed by atoms with van der Waals surface area (Å²) < 4.78 is 0. The van der Waals surface area contributed by atoms with Crippen LogP contribution in [-0.4, -0.2) is 5.78 Å². The van der Waals surface area contributed by atoms with Crippen molar-refractivity contribution in [2.45, 2.75) is 58.3 Å². The van der Waals surface area contributed by atoms with Crippen LogP contribution in [0.5, 0.6) is 0 Å². The van der Waals surface area contributed by atoms with Crippen molar-refractivity contribution in [2.75, 3.05) is 0 Å². The Morgan fingerprint density at radius 3 is 2.54 bits per heavy atom. The number of unbranched alkanes of at least 4 members (excludes halogenated alkanes) is 2. The number of carbonyl (C=O) groups is 1. The molecule has 1 aliphatic carbocycles. The molecule has 0 aromatic heterocycles. The molecule has 0 N–H and O–H groups in total. The van der Waals surface area contributed by atoms with E-state index in [1.165, 1.54) is 5.57 Å². The van der Waals surface area contributed by atoms with Crippen LogP contribution in [0.1, 0.15) is 58.4 Å². The Hall–Kier alpha value is -2.07. The molecule has 1 aliphatic rings. The number of allylic oxidation sites excluding steroid dienone is 3. The molecule has 0 amide bonds. The Morgan fingerprint density at radius 1 is 1.25 bits per heavy atom. The van der Waals surface area contributed by atoms with Gasteiger partial charge in [-0.05, 0) is 36.3 Å². The van der Waals surface area contributed by atoms with Gasteiger partial charge in [0, 0.05) is 6.42 Å². The zero-order valence-corrected chi connectivity index (χ0v) is 15.2. The van der Waals surface area contributed by atoms with E-state index >= 15 is 0 Å². The second-order valence-electron chi connectivity index (χ2n) is 6.95. The van der Waals surface area contributed by atoms with E-state index in [1.54, 1.807) is 0 Å². The normalized spacial score (nSPS) is 19.8. The van der Waals surface area contributed by atoms with Crippen molar-refractivity contribution < 1.29 is 4.79 Å². The lowest BCUT2D eigenvalue weighted by Crippen LogP contribution is -2.48. The molecule has 1 heteroatoms. The number of ketones is 1. The quantitative estimate of drug-likeness (QED) is 0.362. The standard InChI is InChI=1S/C23H28O/c1-5-7-8-12-15-20-21(17-18(3)4)23(16-6-2,22(20)24)19-13-10-9-11-14-19/h6,9-11,13-14,18H,2,5,7-8,16-17H2,1,3-4H3. The van der Waals surface area contributed by atoms with E-state index in [-0.39, 0.29) is 5.78 Å². The van der Waals surface area contributed by atoms with Gasteiger partial charge in [0.2, 0.25) is 0 Å². The summed E-state index contributed by atoms with van der Waals surface area (Å²) in [5.74, 6) is 7.05. The number of hydrogen-bond donors (Lipinski definition) is 0. The van der Waals surface area contributed by atoms with Gasteiger partial charge in [0.1, 0.15) is 0 Å². The maximum Gasteiger partial charge on any atom is 0.186 e. The summed E-state index contributed by atoms with van der Waals surface area (Å²) in [5, 5.41) is 0. The fourth-order valence-electron chi connectivity index (χ4n) is 3.45. The minimum absolute atomic E-state index is 0.174. The second-order valence-corrected chi connectivity index (χ2v) is 6.95. The fraction of sp³-hybridized carbons (Fsp3) is 0.435. The van der Waals surface area contributed by atoms with Gasteiger partial charge < -0.3 is 0 Å². The van der Waals surface area contributed by atoms with Crippen LogP contribution in [-0.2, 0) is 10.2 Å². The molecule has 0 saturated heterocycles. The molecule has 1 atom stereocenters. The van der Waals surface area contributed by atoms with Crippen LogP contribution in [0.4, 0.5) is 0 Å². The van der Waals surface area contributed by atoms with Crippen LogP contribution in [0, 0.1) is 17.8 Å². The zero-order chi connectivity index (χ0) is 17.6. The monoisotopic (exact) mass is 320 g/mol. The number of Topliss-reactive ketones (excluding diaryl/α,β-unsaturated/α-hetero) is 1. The van der Waals surface area contributed by atoms with E-state index in [1.807, 2.05) is 24.3 Å². The second kappa shape index (κ2) is 8.15. The number of benzene rings is 1. The summed E-state index contributed by atoms with van der Waals surface area (Å²) in [6.07, 6.45) is 6.51. The van der Waals surface area contributed by atoms with Crippen molar-refractivity contribution in [3.63, 3.8) is 0 Å². The minimum Gasteiger partial charge on any atom is -0.292 e. The molecule has 0 radical (unpaired) electrons. The molecule has 0 heterocycles. The maximum atomic E-state index is 13.1. The summed E-state index contributed by atoms with van der Waals surface area (Å²) in [6, 6.07) is 10.1. The molecule has 0 saturated carbocycles. The first kappa shape index (κ1) is 18.3. The number of rotatable bonds is 7. The number of carbonyl (C=O) groups excluding carboxylic acids is 1. The van der Waals surface area contributed by atoms with Crippen molar-refractivity contribution in [3.05, 3.63) is 59.7 Å². The summed E-state index contributed by atoms with van der Waals surface area (Å²) >= 11 is 0. The molecule has 0 aliphatic heterocycles. The van der Waals surface area contributed by atoms with Crippen molar-refractivity contribution >= 4 is 5.78 Å². The molecule has 0 bridgehead atoms. The zero-order valence-electron chi connectivity index (χ0n) is 15.2. The highest BCUT2D eigenvalue weighted by molar-refractivity contribution is 6.17. The molecule has 1 aromatic carbocycles. The van der Waals surface area contributed by atoms with Gasteiger partial charge >= 0.3 is 0 Å². The Balaban J connectivity index is 2.49. The largest absolute Gasteiger partial charge is 0.292 e. The summed E-state index contributed by atoms with van der Waals surface area (Å²) in [6.45, 7) is 10.5. The molecule has 1 unspecified atom stereocenters. The van der Waals surface area contributed by atoms with Crippen LogP contribution in [0.25, 0.3) is 0 Å². The highest BCUT2D eigenvalue weighted by atomic mass is 16.1. The molecule has 1 nitrogen and oxygen atoms in total. The van der Waals surface area contributed by atoms with Gasteiger partial charge in [-0.1, -0.05) is 75.4 Å². The van der Waals surface area contributed by atoms with Gasteiger partial charge in [-0.15, -0.1) is 6.58 Å². The van der Waals surface area contributed by atoms with Crippen molar-refractivity contribution in [3.8, 4) is 11.8 Å². The first-order chi connectivity index (χ1) is 11.6. The molecule has 0 fully saturated rings. The van der Waals surface area contributed by atoms with Crippen LogP contribution in [0.3, 0.4) is 0 Å². The molecule has 2 rings (SSSR count). The molecule has 1 aromatic rings. The predicted octanol–water partition coefficient (Wildman–Crippen LogP) is 5.62. The summed E-state index contributed by atoms with van der Waals surface area (Å²) in [4.78, 5) is 13.1. The Bertz CT molecular complexity index is 682. The first-order valence-corrected chi connectivity index (χ1v) is 9.01. The molecular weight excluding hydrogens is 292 g/mol. The van der Waals surface area contributed by atoms with E-state index < -0.39 is 5.41 Å². The minimum atomic E-state index is -0.540. The third kappa shape index (κ3) is 3.39. The lowest BCUT2D eigenvalue weighted by atomic mass is 9.56. The van der Waals surface area contributed by atoms with E-state index in [2.05, 4.69) is 51.3 Å². The van der Waals surface area contributed by atoms with Crippen LogP contribution in [0.15, 0.2) is 54.1 Å². The van der Waals surface area contributed by atoms with Crippen LogP contribution >= 0.6 is 0 Å². The topological polar surface area (TPSA) is 17.1 Å². The third-order valence-corrected chi connectivity index (χ3v) is 4.63. The molecule has 0 spiro atoms. The summed E-state index contributed by atoms with van der Waals surface area (Å²) in [5.41, 5.74) is 2.50. The lowest BCUT2D eigenvalue weighted by Gasteiger charge is -2.44. The van der Waals surface area contributed by atoms with Gasteiger partial charge in [-0.2, -0.15) is 0 Å². The number of hydrogen-bond acceptors (Lipinski definition) is 1. The fourth-order valence-corrected chi connectivity index (χ4v) is 3.45. The predicted molar refractivity (Wildman–Crippen MR) is 102 cm³/mol. The van der Waals surface area contributed by atoms with Gasteiger partial charge in [0.25, 0.3) is 0 Å². The van der Waals surface area contributed by atoms with E-state index in [9.17, 15) is 4.79 Å². The molecule has 24 heavy (non-hydrogen) atoms. The van der Waals surface area contributed by atoms with Gasteiger partial charge in [-0.3, -0.25) is 4.79 Å². The van der Waals surface area contributed by atoms with Crippen molar-refractivity contribution in [2.24, 2.45) is 5.92 Å². The Morgan fingerprint density at radius 2 is 1.96 bits per heavy atom. The smallest absolute Gasteiger partial charge is 0.186 e. The van der Waals surface area contributed by atoms with Gasteiger partial charge in [0.05, 0.1) is 11.0 Å². The highest BCUT2D eigenvalue weighted by Gasteiger charge is 2.53. The lowest BCUT2D eigenvalue weighted by molar-refractivity contribution is -0.121. The maximum absolute atomic E-state index is 13.1.